The monoisotopic (exact) mass is 261 g/mol. The number of rotatable bonds is 4. The molecule has 3 amide bonds. The van der Waals surface area contributed by atoms with E-state index in [2.05, 4.69) is 10.6 Å². The summed E-state index contributed by atoms with van der Waals surface area (Å²) < 4.78 is 0. The summed E-state index contributed by atoms with van der Waals surface area (Å²) in [5.74, 6) is -0.949. The number of hydrogen-bond acceptors (Lipinski definition) is 4. The number of likely N-dealkylation sites (N-methyl/N-ethyl adjacent to an activating group) is 1. The van der Waals surface area contributed by atoms with Gasteiger partial charge in [0.25, 0.3) is 5.91 Å². The van der Waals surface area contributed by atoms with Crippen LogP contribution in [0.15, 0.2) is 30.3 Å². The summed E-state index contributed by atoms with van der Waals surface area (Å²) in [5, 5.41) is 5.48. The van der Waals surface area contributed by atoms with Crippen molar-refractivity contribution in [2.24, 2.45) is 0 Å². The van der Waals surface area contributed by atoms with E-state index in [0.717, 1.165) is 10.6 Å². The second kappa shape index (κ2) is 5.51. The van der Waals surface area contributed by atoms with Crippen LogP contribution >= 0.6 is 0 Å². The van der Waals surface area contributed by atoms with Crippen molar-refractivity contribution in [2.45, 2.75) is 12.5 Å². The predicted octanol–water partition coefficient (Wildman–Crippen LogP) is -0.0280. The number of nitrogens with zero attached hydrogens (tertiary/aromatic N) is 1. The lowest BCUT2D eigenvalue weighted by atomic mass is 10.2. The van der Waals surface area contributed by atoms with Gasteiger partial charge in [-0.15, -0.1) is 0 Å². The summed E-state index contributed by atoms with van der Waals surface area (Å²) in [4.78, 5) is 35.6. The van der Waals surface area contributed by atoms with Gasteiger partial charge in [-0.3, -0.25) is 19.3 Å². The lowest BCUT2D eigenvalue weighted by Crippen LogP contribution is -2.42. The van der Waals surface area contributed by atoms with Crippen LogP contribution in [0.3, 0.4) is 0 Å². The van der Waals surface area contributed by atoms with Gasteiger partial charge in [0.2, 0.25) is 11.8 Å². The number of para-hydroxylation sites is 1. The molecule has 1 aliphatic rings. The molecule has 1 atom stereocenters. The number of carbonyl (C=O) groups is 3. The largest absolute Gasteiger partial charge is 0.376 e. The number of carbonyl (C=O) groups excluding carboxylic acids is 3. The third kappa shape index (κ3) is 3.09. The van der Waals surface area contributed by atoms with Gasteiger partial charge in [-0.05, 0) is 12.1 Å². The lowest BCUT2D eigenvalue weighted by Gasteiger charge is -2.12. The van der Waals surface area contributed by atoms with Crippen LogP contribution in [0.4, 0.5) is 5.69 Å². The van der Waals surface area contributed by atoms with Gasteiger partial charge in [-0.1, -0.05) is 18.2 Å². The zero-order chi connectivity index (χ0) is 13.8. The number of nitrogens with one attached hydrogen (secondary N) is 2. The molecule has 0 aliphatic carbocycles. The molecule has 0 radical (unpaired) electrons. The maximum atomic E-state index is 11.7. The first-order valence-electron chi connectivity index (χ1n) is 5.96. The van der Waals surface area contributed by atoms with Crippen LogP contribution in [0.5, 0.6) is 0 Å². The van der Waals surface area contributed by atoms with Gasteiger partial charge in [0, 0.05) is 12.7 Å². The van der Waals surface area contributed by atoms with Crippen molar-refractivity contribution in [3.63, 3.8) is 0 Å². The fourth-order valence-electron chi connectivity index (χ4n) is 1.85. The molecule has 6 heteroatoms. The van der Waals surface area contributed by atoms with Crippen molar-refractivity contribution in [1.29, 1.82) is 0 Å². The summed E-state index contributed by atoms with van der Waals surface area (Å²) in [7, 11) is 1.42. The summed E-state index contributed by atoms with van der Waals surface area (Å²) >= 11 is 0. The van der Waals surface area contributed by atoms with Crippen LogP contribution in [0.2, 0.25) is 0 Å². The van der Waals surface area contributed by atoms with Crippen molar-refractivity contribution in [1.82, 2.24) is 10.2 Å². The number of imide groups is 1. The summed E-state index contributed by atoms with van der Waals surface area (Å²) in [5.41, 5.74) is 0.823. The van der Waals surface area contributed by atoms with E-state index in [1.165, 1.54) is 7.05 Å². The molecule has 6 nitrogen and oxygen atoms in total. The second-order valence-electron chi connectivity index (χ2n) is 4.33. The molecule has 1 unspecified atom stereocenters. The third-order valence-corrected chi connectivity index (χ3v) is 2.94. The number of likely N-dealkylation sites (tertiary alicyclic amines) is 1. The van der Waals surface area contributed by atoms with Crippen LogP contribution < -0.4 is 10.6 Å². The SMILES string of the molecule is CN1C(=O)CC(NC(=O)CNc2ccccc2)C1=O. The van der Waals surface area contributed by atoms with Gasteiger partial charge in [0.15, 0.2) is 0 Å². The van der Waals surface area contributed by atoms with Crippen LogP contribution in [-0.2, 0) is 14.4 Å². The molecule has 0 bridgehead atoms. The maximum Gasteiger partial charge on any atom is 0.252 e. The standard InChI is InChI=1S/C13H15N3O3/c1-16-12(18)7-10(13(16)19)15-11(17)8-14-9-5-3-2-4-6-9/h2-6,10,14H,7-8H2,1H3,(H,15,17). The second-order valence-corrected chi connectivity index (χ2v) is 4.33. The first kappa shape index (κ1) is 13.1. The molecule has 0 spiro atoms. The molecule has 1 aliphatic heterocycles. The smallest absolute Gasteiger partial charge is 0.252 e. The predicted molar refractivity (Wildman–Crippen MR) is 69.3 cm³/mol. The zero-order valence-electron chi connectivity index (χ0n) is 10.6. The Morgan fingerprint density at radius 1 is 1.32 bits per heavy atom. The van der Waals surface area contributed by atoms with Gasteiger partial charge in [0.05, 0.1) is 13.0 Å². The topological polar surface area (TPSA) is 78.5 Å². The Labute approximate surface area is 110 Å². The molecule has 1 saturated heterocycles. The molecule has 100 valence electrons. The highest BCUT2D eigenvalue weighted by Crippen LogP contribution is 2.10. The molecule has 2 N–H and O–H groups in total. The Morgan fingerprint density at radius 2 is 2.00 bits per heavy atom. The molecule has 2 rings (SSSR count). The highest BCUT2D eigenvalue weighted by atomic mass is 16.2. The fraction of sp³-hybridized carbons (Fsp3) is 0.308. The van der Waals surface area contributed by atoms with E-state index in [9.17, 15) is 14.4 Å². The Balaban J connectivity index is 1.82. The number of amides is 3. The summed E-state index contributed by atoms with van der Waals surface area (Å²) in [6.45, 7) is 0.0612. The molecule has 1 heterocycles. The third-order valence-electron chi connectivity index (χ3n) is 2.94. The van der Waals surface area contributed by atoms with Gasteiger partial charge in [-0.25, -0.2) is 0 Å². The molecular formula is C13H15N3O3. The average Bonchev–Trinajstić information content (AvgIpc) is 2.65. The van der Waals surface area contributed by atoms with E-state index in [4.69, 9.17) is 0 Å². The minimum atomic E-state index is -0.734. The van der Waals surface area contributed by atoms with Crippen LogP contribution in [-0.4, -0.2) is 42.3 Å². The van der Waals surface area contributed by atoms with E-state index >= 15 is 0 Å². The molecule has 0 saturated carbocycles. The lowest BCUT2D eigenvalue weighted by molar-refractivity contribution is -0.138. The molecule has 19 heavy (non-hydrogen) atoms. The van der Waals surface area contributed by atoms with Crippen molar-refractivity contribution in [2.75, 3.05) is 18.9 Å². The molecular weight excluding hydrogens is 246 g/mol. The van der Waals surface area contributed by atoms with Crippen molar-refractivity contribution in [3.05, 3.63) is 30.3 Å². The van der Waals surface area contributed by atoms with Crippen LogP contribution in [0.25, 0.3) is 0 Å². The van der Waals surface area contributed by atoms with Gasteiger partial charge < -0.3 is 10.6 Å². The van der Waals surface area contributed by atoms with E-state index in [0.29, 0.717) is 0 Å². The minimum absolute atomic E-state index is 0.0341. The highest BCUT2D eigenvalue weighted by Gasteiger charge is 2.36. The molecule has 1 fully saturated rings. The van der Waals surface area contributed by atoms with E-state index in [1.807, 2.05) is 30.3 Å². The Kier molecular flexibility index (Phi) is 3.79. The highest BCUT2D eigenvalue weighted by molar-refractivity contribution is 6.06. The van der Waals surface area contributed by atoms with Crippen molar-refractivity contribution < 1.29 is 14.4 Å². The minimum Gasteiger partial charge on any atom is -0.376 e. The summed E-state index contributed by atoms with van der Waals surface area (Å²) in [6.07, 6.45) is 0.0341. The first-order valence-corrected chi connectivity index (χ1v) is 5.96. The number of hydrogen-bond donors (Lipinski definition) is 2. The van der Waals surface area contributed by atoms with Gasteiger partial charge in [-0.2, -0.15) is 0 Å². The first-order chi connectivity index (χ1) is 9.08. The normalized spacial score (nSPS) is 18.6. The van der Waals surface area contributed by atoms with Crippen LogP contribution in [0.1, 0.15) is 6.42 Å². The number of benzene rings is 1. The average molecular weight is 261 g/mol. The number of anilines is 1. The molecule has 0 aromatic heterocycles. The Hall–Kier alpha value is -2.37. The van der Waals surface area contributed by atoms with Crippen molar-refractivity contribution in [3.8, 4) is 0 Å². The Bertz CT molecular complexity index is 501. The van der Waals surface area contributed by atoms with Gasteiger partial charge in [0.1, 0.15) is 6.04 Å². The van der Waals surface area contributed by atoms with E-state index in [1.54, 1.807) is 0 Å². The fourth-order valence-corrected chi connectivity index (χ4v) is 1.85. The van der Waals surface area contributed by atoms with Crippen LogP contribution in [0, 0.1) is 0 Å². The summed E-state index contributed by atoms with van der Waals surface area (Å²) in [6, 6.07) is 8.53. The molecule has 1 aromatic carbocycles. The maximum absolute atomic E-state index is 11.7. The van der Waals surface area contributed by atoms with Gasteiger partial charge >= 0.3 is 0 Å². The van der Waals surface area contributed by atoms with E-state index < -0.39 is 6.04 Å². The van der Waals surface area contributed by atoms with Crippen molar-refractivity contribution >= 4 is 23.4 Å². The molecule has 1 aromatic rings. The zero-order valence-corrected chi connectivity index (χ0v) is 10.6. The quantitative estimate of drug-likeness (QED) is 0.746. The Morgan fingerprint density at radius 3 is 2.58 bits per heavy atom. The van der Waals surface area contributed by atoms with E-state index in [-0.39, 0.29) is 30.7 Å².